The maximum absolute atomic E-state index is 14.2. The zero-order valence-electron chi connectivity index (χ0n) is 19.1. The summed E-state index contributed by atoms with van der Waals surface area (Å²) in [7, 11) is 0. The number of carbonyl (C=O) groups excluding carboxylic acids is 1. The summed E-state index contributed by atoms with van der Waals surface area (Å²) in [6, 6.07) is 10.4. The molecular formula is C26H29F2N3OS. The second-order valence-corrected chi connectivity index (χ2v) is 10.4. The van der Waals surface area contributed by atoms with Crippen LogP contribution < -0.4 is 10.6 Å². The summed E-state index contributed by atoms with van der Waals surface area (Å²) in [5.41, 5.74) is 1.84. The van der Waals surface area contributed by atoms with Crippen molar-refractivity contribution >= 4 is 17.2 Å². The molecule has 4 nitrogen and oxygen atoms in total. The summed E-state index contributed by atoms with van der Waals surface area (Å²) in [5, 5.41) is 9.50. The Balaban J connectivity index is 1.60. The van der Waals surface area contributed by atoms with Crippen LogP contribution in [0.4, 0.5) is 8.78 Å². The van der Waals surface area contributed by atoms with E-state index in [1.807, 2.05) is 29.6 Å². The van der Waals surface area contributed by atoms with Crippen molar-refractivity contribution in [1.29, 1.82) is 0 Å². The lowest BCUT2D eigenvalue weighted by atomic mass is 9.97. The molecule has 4 rings (SSSR count). The molecule has 0 aliphatic heterocycles. The molecular weight excluding hydrogens is 440 g/mol. The summed E-state index contributed by atoms with van der Waals surface area (Å²) >= 11 is 1.52. The van der Waals surface area contributed by atoms with Gasteiger partial charge in [-0.05, 0) is 55.4 Å². The van der Waals surface area contributed by atoms with E-state index < -0.39 is 11.6 Å². The number of rotatable bonds is 9. The predicted octanol–water partition coefficient (Wildman–Crippen LogP) is 5.85. The molecule has 33 heavy (non-hydrogen) atoms. The molecule has 7 heteroatoms. The van der Waals surface area contributed by atoms with E-state index in [9.17, 15) is 13.6 Å². The standard InChI is InChI=1S/C26H29F2N3OS/c1-16(2)14-22(24(32)31-26(3)10-11-26)30-23(25-29-12-13-33-25)18-6-4-17(5-7-18)20-9-8-19(27)15-21(20)28/h4-9,12-13,15-16,22-23,30H,10-11,14H2,1-3H3,(H,31,32)/t22-,23-/m0/s1. The minimum Gasteiger partial charge on any atom is -0.350 e. The second-order valence-electron chi connectivity index (χ2n) is 9.45. The smallest absolute Gasteiger partial charge is 0.237 e. The molecule has 1 fully saturated rings. The summed E-state index contributed by atoms with van der Waals surface area (Å²) < 4.78 is 27.5. The summed E-state index contributed by atoms with van der Waals surface area (Å²) in [5.74, 6) is -0.855. The van der Waals surface area contributed by atoms with Gasteiger partial charge < -0.3 is 5.32 Å². The first-order valence-corrected chi connectivity index (χ1v) is 12.1. The number of thiazole rings is 1. The van der Waals surface area contributed by atoms with E-state index in [2.05, 4.69) is 36.4 Å². The Morgan fingerprint density at radius 2 is 1.88 bits per heavy atom. The van der Waals surface area contributed by atoms with Crippen molar-refractivity contribution in [2.75, 3.05) is 0 Å². The topological polar surface area (TPSA) is 54.0 Å². The van der Waals surface area contributed by atoms with Crippen LogP contribution in [0.1, 0.15) is 56.6 Å². The Hall–Kier alpha value is -2.64. The minimum absolute atomic E-state index is 0.00950. The maximum atomic E-state index is 14.2. The van der Waals surface area contributed by atoms with E-state index >= 15 is 0 Å². The van der Waals surface area contributed by atoms with Gasteiger partial charge in [0.1, 0.15) is 16.6 Å². The Morgan fingerprint density at radius 3 is 2.45 bits per heavy atom. The molecule has 0 radical (unpaired) electrons. The number of nitrogens with zero attached hydrogens (tertiary/aromatic N) is 1. The van der Waals surface area contributed by atoms with Crippen LogP contribution in [0, 0.1) is 17.6 Å². The van der Waals surface area contributed by atoms with Gasteiger partial charge in [0.25, 0.3) is 0 Å². The third-order valence-corrected chi connectivity index (χ3v) is 6.84. The van der Waals surface area contributed by atoms with Crippen molar-refractivity contribution in [2.24, 2.45) is 5.92 Å². The quantitative estimate of drug-likeness (QED) is 0.413. The molecule has 2 N–H and O–H groups in total. The number of halogens is 2. The van der Waals surface area contributed by atoms with E-state index in [4.69, 9.17) is 0 Å². The number of aromatic nitrogens is 1. The average molecular weight is 470 g/mol. The molecule has 1 amide bonds. The Morgan fingerprint density at radius 1 is 1.15 bits per heavy atom. The van der Waals surface area contributed by atoms with Crippen LogP contribution in [-0.2, 0) is 4.79 Å². The molecule has 1 saturated carbocycles. The van der Waals surface area contributed by atoms with Gasteiger partial charge in [-0.15, -0.1) is 11.3 Å². The van der Waals surface area contributed by atoms with Gasteiger partial charge in [-0.25, -0.2) is 13.8 Å². The fourth-order valence-electron chi connectivity index (χ4n) is 3.89. The van der Waals surface area contributed by atoms with Crippen LogP contribution in [0.25, 0.3) is 11.1 Å². The minimum atomic E-state index is -0.601. The van der Waals surface area contributed by atoms with Crippen molar-refractivity contribution in [3.05, 3.63) is 76.2 Å². The van der Waals surface area contributed by atoms with Crippen LogP contribution in [0.3, 0.4) is 0 Å². The first-order valence-electron chi connectivity index (χ1n) is 11.3. The second kappa shape index (κ2) is 9.69. The SMILES string of the molecule is CC(C)C[C@H](N[C@@H](c1ccc(-c2ccc(F)cc2F)cc1)c1nccs1)C(=O)NC1(C)CC1. The number of amides is 1. The van der Waals surface area contributed by atoms with Gasteiger partial charge in [-0.2, -0.15) is 0 Å². The lowest BCUT2D eigenvalue weighted by Gasteiger charge is -2.27. The number of benzene rings is 2. The van der Waals surface area contributed by atoms with Crippen LogP contribution in [0.5, 0.6) is 0 Å². The lowest BCUT2D eigenvalue weighted by molar-refractivity contribution is -0.124. The molecule has 174 valence electrons. The normalized spacial score (nSPS) is 16.4. The number of carbonyl (C=O) groups is 1. The molecule has 2 aromatic carbocycles. The van der Waals surface area contributed by atoms with E-state index in [1.54, 1.807) is 6.20 Å². The predicted molar refractivity (Wildman–Crippen MR) is 128 cm³/mol. The molecule has 3 aromatic rings. The van der Waals surface area contributed by atoms with Crippen molar-refractivity contribution in [1.82, 2.24) is 15.6 Å². The molecule has 1 heterocycles. The van der Waals surface area contributed by atoms with E-state index in [-0.39, 0.29) is 23.5 Å². The van der Waals surface area contributed by atoms with Gasteiger partial charge in [0.2, 0.25) is 5.91 Å². The molecule has 0 spiro atoms. The van der Waals surface area contributed by atoms with E-state index in [1.165, 1.54) is 23.5 Å². The zero-order chi connectivity index (χ0) is 23.6. The third kappa shape index (κ3) is 5.84. The molecule has 1 aliphatic carbocycles. The maximum Gasteiger partial charge on any atom is 0.237 e. The van der Waals surface area contributed by atoms with Crippen LogP contribution in [0.15, 0.2) is 54.0 Å². The molecule has 1 aliphatic rings. The highest BCUT2D eigenvalue weighted by Crippen LogP contribution is 2.35. The average Bonchev–Trinajstić information content (AvgIpc) is 3.24. The van der Waals surface area contributed by atoms with E-state index in [0.29, 0.717) is 23.5 Å². The first-order chi connectivity index (χ1) is 15.7. The number of hydrogen-bond donors (Lipinski definition) is 2. The van der Waals surface area contributed by atoms with Gasteiger partial charge in [-0.3, -0.25) is 10.1 Å². The highest BCUT2D eigenvalue weighted by Gasteiger charge is 2.40. The Labute approximate surface area is 197 Å². The van der Waals surface area contributed by atoms with Crippen LogP contribution in [-0.4, -0.2) is 22.5 Å². The monoisotopic (exact) mass is 469 g/mol. The van der Waals surface area contributed by atoms with Crippen molar-refractivity contribution in [2.45, 2.75) is 57.7 Å². The number of nitrogens with one attached hydrogen (secondary N) is 2. The van der Waals surface area contributed by atoms with Crippen LogP contribution in [0.2, 0.25) is 0 Å². The van der Waals surface area contributed by atoms with Gasteiger partial charge in [-0.1, -0.05) is 38.1 Å². The van der Waals surface area contributed by atoms with Crippen LogP contribution >= 0.6 is 11.3 Å². The fraction of sp³-hybridized carbons (Fsp3) is 0.385. The fourth-order valence-corrected chi connectivity index (χ4v) is 4.61. The van der Waals surface area contributed by atoms with E-state index in [0.717, 1.165) is 29.5 Å². The Kier molecular flexibility index (Phi) is 6.91. The molecule has 2 atom stereocenters. The summed E-state index contributed by atoms with van der Waals surface area (Å²) in [4.78, 5) is 17.6. The molecule has 0 unspecified atom stereocenters. The third-order valence-electron chi connectivity index (χ3n) is 6.00. The highest BCUT2D eigenvalue weighted by molar-refractivity contribution is 7.09. The first kappa shape index (κ1) is 23.5. The molecule has 1 aromatic heterocycles. The van der Waals surface area contributed by atoms with Gasteiger partial charge in [0.15, 0.2) is 0 Å². The Bertz CT molecular complexity index is 1100. The largest absolute Gasteiger partial charge is 0.350 e. The lowest BCUT2D eigenvalue weighted by Crippen LogP contribution is -2.49. The molecule has 0 saturated heterocycles. The van der Waals surface area contributed by atoms with Gasteiger partial charge in [0, 0.05) is 28.7 Å². The van der Waals surface area contributed by atoms with Crippen molar-refractivity contribution < 1.29 is 13.6 Å². The van der Waals surface area contributed by atoms with Gasteiger partial charge >= 0.3 is 0 Å². The van der Waals surface area contributed by atoms with Gasteiger partial charge in [0.05, 0.1) is 12.1 Å². The summed E-state index contributed by atoms with van der Waals surface area (Å²) in [6.07, 6.45) is 4.46. The summed E-state index contributed by atoms with van der Waals surface area (Å²) in [6.45, 7) is 6.28. The van der Waals surface area contributed by atoms with Crippen molar-refractivity contribution in [3.63, 3.8) is 0 Å². The van der Waals surface area contributed by atoms with Crippen molar-refractivity contribution in [3.8, 4) is 11.1 Å². The zero-order valence-corrected chi connectivity index (χ0v) is 19.9. The highest BCUT2D eigenvalue weighted by atomic mass is 32.1. The molecule has 0 bridgehead atoms. The number of hydrogen-bond acceptors (Lipinski definition) is 4.